The maximum Gasteiger partial charge on any atom is 0.405 e. The van der Waals surface area contributed by atoms with E-state index in [-0.39, 0.29) is 47.9 Å². The van der Waals surface area contributed by atoms with E-state index in [0.717, 1.165) is 25.3 Å². The van der Waals surface area contributed by atoms with E-state index in [2.05, 4.69) is 33.0 Å². The lowest BCUT2D eigenvalue weighted by Gasteiger charge is -2.51. The van der Waals surface area contributed by atoms with Crippen molar-refractivity contribution in [3.8, 4) is 11.5 Å². The minimum atomic E-state index is -1.17. The lowest BCUT2D eigenvalue weighted by Crippen LogP contribution is -2.62. The number of carboxylic acid groups (broad SMARTS) is 1. The molecule has 2 aromatic carbocycles. The van der Waals surface area contributed by atoms with Crippen LogP contribution in [0.5, 0.6) is 11.5 Å². The van der Waals surface area contributed by atoms with Crippen molar-refractivity contribution in [2.45, 2.75) is 97.3 Å². The number of morpholine rings is 1. The zero-order valence-electron chi connectivity index (χ0n) is 31.2. The normalized spacial score (nSPS) is 15.8. The number of ether oxygens (including phenoxy) is 4. The Morgan fingerprint density at radius 1 is 1.00 bits per heavy atom. The first-order chi connectivity index (χ1) is 23.3. The summed E-state index contributed by atoms with van der Waals surface area (Å²) < 4.78 is 48.7. The standard InChI is InChI=1S/C23H37FN2O3.C14H18FNO5/c1-8-9-10-13-25(22(2,3)4)21(27)26-19(15-29-16-23(26,5)6)17-11-12-20(28-7)18(24)14-17;1-14(2,16-13(18)19)8-21-7-11(17)9-4-5-12(20-3)10(15)6-9/h11-12,14,19H,8-10,13,15-16H2,1-7H3;4-6,16H,7-8H2,1-3H3,(H,18,19). The van der Waals surface area contributed by atoms with Gasteiger partial charge in [-0.05, 0) is 90.8 Å². The van der Waals surface area contributed by atoms with Gasteiger partial charge in [0, 0.05) is 17.6 Å². The van der Waals surface area contributed by atoms with Crippen molar-refractivity contribution in [2.24, 2.45) is 0 Å². The Labute approximate surface area is 295 Å². The van der Waals surface area contributed by atoms with Gasteiger partial charge in [0.1, 0.15) is 6.61 Å². The van der Waals surface area contributed by atoms with Crippen molar-refractivity contribution in [1.82, 2.24) is 15.1 Å². The van der Waals surface area contributed by atoms with Crippen LogP contribution in [0.15, 0.2) is 36.4 Å². The summed E-state index contributed by atoms with van der Waals surface area (Å²) in [7, 11) is 2.78. The van der Waals surface area contributed by atoms with Gasteiger partial charge in [-0.3, -0.25) is 4.79 Å². The number of ketones is 1. The second-order valence-electron chi connectivity index (χ2n) is 14.5. The summed E-state index contributed by atoms with van der Waals surface area (Å²) in [6, 6.07) is 8.37. The molecule has 1 unspecified atom stereocenters. The fraction of sp³-hybridized carbons (Fsp3) is 0.595. The summed E-state index contributed by atoms with van der Waals surface area (Å²) in [5.74, 6) is -1.21. The minimum absolute atomic E-state index is 0.0175. The van der Waals surface area contributed by atoms with Gasteiger partial charge in [-0.15, -0.1) is 0 Å². The summed E-state index contributed by atoms with van der Waals surface area (Å²) in [5, 5.41) is 10.9. The molecule has 2 N–H and O–H groups in total. The van der Waals surface area contributed by atoms with Gasteiger partial charge < -0.3 is 39.2 Å². The molecule has 0 saturated carbocycles. The third-order valence-corrected chi connectivity index (χ3v) is 8.10. The van der Waals surface area contributed by atoms with E-state index in [1.807, 2.05) is 29.7 Å². The van der Waals surface area contributed by atoms with Crippen molar-refractivity contribution in [2.75, 3.05) is 47.2 Å². The molecule has 0 aliphatic carbocycles. The van der Waals surface area contributed by atoms with Crippen LogP contribution in [0.2, 0.25) is 0 Å². The second-order valence-corrected chi connectivity index (χ2v) is 14.5. The van der Waals surface area contributed by atoms with Crippen molar-refractivity contribution >= 4 is 17.9 Å². The largest absolute Gasteiger partial charge is 0.494 e. The van der Waals surface area contributed by atoms with Gasteiger partial charge in [0.05, 0.1) is 51.2 Å². The number of amides is 3. The Morgan fingerprint density at radius 3 is 2.12 bits per heavy atom. The Balaban J connectivity index is 0.000000366. The Morgan fingerprint density at radius 2 is 1.60 bits per heavy atom. The monoisotopic (exact) mass is 707 g/mol. The number of rotatable bonds is 13. The Hall–Kier alpha value is -3.97. The zero-order chi connectivity index (χ0) is 37.9. The van der Waals surface area contributed by atoms with Gasteiger partial charge in [-0.2, -0.15) is 0 Å². The molecule has 3 rings (SSSR count). The van der Waals surface area contributed by atoms with Crippen LogP contribution in [-0.4, -0.2) is 96.6 Å². The minimum Gasteiger partial charge on any atom is -0.494 e. The molecule has 0 radical (unpaired) electrons. The van der Waals surface area contributed by atoms with Crippen LogP contribution in [0, 0.1) is 11.6 Å². The fourth-order valence-electron chi connectivity index (χ4n) is 5.53. The van der Waals surface area contributed by atoms with Crippen LogP contribution >= 0.6 is 0 Å². The molecular formula is C37H55F2N3O8. The highest BCUT2D eigenvalue weighted by Crippen LogP contribution is 2.37. The molecule has 3 amide bonds. The van der Waals surface area contributed by atoms with E-state index in [1.165, 1.54) is 32.4 Å². The van der Waals surface area contributed by atoms with Crippen LogP contribution in [0.4, 0.5) is 18.4 Å². The van der Waals surface area contributed by atoms with Crippen LogP contribution in [0.25, 0.3) is 0 Å². The number of methoxy groups -OCH3 is 2. The molecule has 0 spiro atoms. The van der Waals surface area contributed by atoms with Gasteiger partial charge >= 0.3 is 12.1 Å². The number of unbranched alkanes of at least 4 members (excludes halogenated alkanes) is 2. The average Bonchev–Trinajstić information content (AvgIpc) is 3.01. The molecule has 2 aromatic rings. The highest BCUT2D eigenvalue weighted by atomic mass is 19.1. The molecule has 280 valence electrons. The lowest BCUT2D eigenvalue weighted by atomic mass is 9.94. The summed E-state index contributed by atoms with van der Waals surface area (Å²) in [5.41, 5.74) is -0.763. The van der Waals surface area contributed by atoms with E-state index in [9.17, 15) is 23.2 Å². The SMILES string of the molecule is CCCCCN(C(=O)N1C(c2ccc(OC)c(F)c2)COCC1(C)C)C(C)(C)C.COc1ccc(C(=O)COCC(C)(C)NC(=O)O)cc1F. The molecular weight excluding hydrogens is 652 g/mol. The van der Waals surface area contributed by atoms with Crippen molar-refractivity contribution < 1.29 is 47.2 Å². The second kappa shape index (κ2) is 18.3. The number of carbonyl (C=O) groups excluding carboxylic acids is 2. The average molecular weight is 708 g/mol. The van der Waals surface area contributed by atoms with E-state index < -0.39 is 34.6 Å². The first-order valence-corrected chi connectivity index (χ1v) is 16.8. The third-order valence-electron chi connectivity index (χ3n) is 8.10. The molecule has 1 saturated heterocycles. The Kier molecular flexibility index (Phi) is 15.5. The van der Waals surface area contributed by atoms with Crippen LogP contribution in [-0.2, 0) is 9.47 Å². The summed E-state index contributed by atoms with van der Waals surface area (Å²) in [4.78, 5) is 40.0. The quantitative estimate of drug-likeness (QED) is 0.162. The van der Waals surface area contributed by atoms with E-state index in [1.54, 1.807) is 19.9 Å². The molecule has 13 heteroatoms. The predicted molar refractivity (Wildman–Crippen MR) is 187 cm³/mol. The van der Waals surface area contributed by atoms with Crippen LogP contribution in [0.3, 0.4) is 0 Å². The summed E-state index contributed by atoms with van der Waals surface area (Å²) in [6.45, 7) is 16.8. The summed E-state index contributed by atoms with van der Waals surface area (Å²) >= 11 is 0. The number of hydrogen-bond acceptors (Lipinski definition) is 7. The molecule has 1 aliphatic heterocycles. The molecule has 1 fully saturated rings. The molecule has 11 nitrogen and oxygen atoms in total. The van der Waals surface area contributed by atoms with E-state index in [0.29, 0.717) is 25.3 Å². The third kappa shape index (κ3) is 12.1. The van der Waals surface area contributed by atoms with Gasteiger partial charge in [-0.1, -0.05) is 25.8 Å². The van der Waals surface area contributed by atoms with Gasteiger partial charge in [0.25, 0.3) is 0 Å². The van der Waals surface area contributed by atoms with Gasteiger partial charge in [0.15, 0.2) is 28.9 Å². The zero-order valence-corrected chi connectivity index (χ0v) is 31.2. The highest BCUT2D eigenvalue weighted by Gasteiger charge is 2.44. The summed E-state index contributed by atoms with van der Waals surface area (Å²) in [6.07, 6.45) is 1.97. The number of hydrogen-bond donors (Lipinski definition) is 2. The lowest BCUT2D eigenvalue weighted by molar-refractivity contribution is -0.0762. The highest BCUT2D eigenvalue weighted by molar-refractivity contribution is 5.97. The van der Waals surface area contributed by atoms with Crippen molar-refractivity contribution in [3.63, 3.8) is 0 Å². The van der Waals surface area contributed by atoms with Crippen LogP contribution < -0.4 is 14.8 Å². The molecule has 50 heavy (non-hydrogen) atoms. The molecule has 1 heterocycles. The molecule has 1 aliphatic rings. The van der Waals surface area contributed by atoms with E-state index in [4.69, 9.17) is 24.1 Å². The maximum atomic E-state index is 14.4. The van der Waals surface area contributed by atoms with Crippen molar-refractivity contribution in [3.05, 3.63) is 59.2 Å². The number of nitrogens with one attached hydrogen (secondary N) is 1. The predicted octanol–water partition coefficient (Wildman–Crippen LogP) is 7.48. The molecule has 0 aromatic heterocycles. The Bertz CT molecular complexity index is 1440. The van der Waals surface area contributed by atoms with Crippen molar-refractivity contribution in [1.29, 1.82) is 0 Å². The topological polar surface area (TPSA) is 127 Å². The maximum absolute atomic E-state index is 14.4. The number of halogens is 2. The number of carbonyl (C=O) groups is 3. The smallest absolute Gasteiger partial charge is 0.405 e. The number of Topliss-reactive ketones (excluding diaryl/α,β-unsaturated/α-hetero) is 1. The van der Waals surface area contributed by atoms with Gasteiger partial charge in [0.2, 0.25) is 0 Å². The van der Waals surface area contributed by atoms with E-state index >= 15 is 0 Å². The first-order valence-electron chi connectivity index (χ1n) is 16.8. The van der Waals surface area contributed by atoms with Gasteiger partial charge in [-0.25, -0.2) is 18.4 Å². The van der Waals surface area contributed by atoms with Crippen LogP contribution in [0.1, 0.15) is 96.6 Å². The number of urea groups is 1. The first kappa shape index (κ1) is 42.2. The molecule has 1 atom stereocenters. The number of nitrogens with zero attached hydrogens (tertiary/aromatic N) is 2. The fourth-order valence-corrected chi connectivity index (χ4v) is 5.53. The molecule has 0 bridgehead atoms. The number of benzene rings is 2.